The number of aliphatic hydroxyl groups is 1. The highest BCUT2D eigenvalue weighted by Crippen LogP contribution is 2.66. The van der Waals surface area contributed by atoms with E-state index < -0.39 is 48.1 Å². The number of phosphoric acid groups is 3. The van der Waals surface area contributed by atoms with Crippen molar-refractivity contribution < 1.29 is 61.0 Å². The molecule has 23 heavy (non-hydrogen) atoms. The summed E-state index contributed by atoms with van der Waals surface area (Å²) >= 11 is 0. The van der Waals surface area contributed by atoms with Crippen LogP contribution in [-0.4, -0.2) is 56.4 Å². The number of hydrogen-bond acceptors (Lipinski definition) is 9. The van der Waals surface area contributed by atoms with E-state index in [9.17, 15) is 23.7 Å². The molecule has 1 heterocycles. The molecule has 0 aromatic heterocycles. The molecule has 0 aromatic rings. The molecule has 0 amide bonds. The van der Waals surface area contributed by atoms with Gasteiger partial charge in [0.25, 0.3) is 0 Å². The Morgan fingerprint density at radius 2 is 1.70 bits per heavy atom. The molecule has 0 aliphatic carbocycles. The van der Waals surface area contributed by atoms with Crippen LogP contribution in [0, 0.1) is 0 Å². The molecule has 16 heteroatoms. The fourth-order valence-corrected chi connectivity index (χ4v) is 4.85. The van der Waals surface area contributed by atoms with E-state index in [0.717, 1.165) is 7.11 Å². The van der Waals surface area contributed by atoms with Crippen LogP contribution in [-0.2, 0) is 36.3 Å². The molecular weight excluding hydrogens is 385 g/mol. The van der Waals surface area contributed by atoms with Crippen molar-refractivity contribution in [3.63, 3.8) is 0 Å². The fraction of sp³-hybridized carbons (Fsp3) is 1.00. The van der Waals surface area contributed by atoms with Gasteiger partial charge in [0.1, 0.15) is 12.7 Å². The summed E-state index contributed by atoms with van der Waals surface area (Å²) in [6.07, 6.45) is -1.56. The highest BCUT2D eigenvalue weighted by molar-refractivity contribution is 7.66. The molecule has 1 rings (SSSR count). The number of ether oxygens (including phenoxy) is 2. The Hall–Kier alpha value is 0.290. The molecule has 1 fully saturated rings. The summed E-state index contributed by atoms with van der Waals surface area (Å²) in [6.45, 7) is 0.716. The van der Waals surface area contributed by atoms with Gasteiger partial charge in [0.15, 0.2) is 0 Å². The largest absolute Gasteiger partial charge is 0.490 e. The minimum atomic E-state index is -5.60. The summed E-state index contributed by atoms with van der Waals surface area (Å²) in [7, 11) is -15.2. The zero-order valence-electron chi connectivity index (χ0n) is 11.9. The molecule has 3 unspecified atom stereocenters. The lowest BCUT2D eigenvalue weighted by atomic mass is 10.1. The van der Waals surface area contributed by atoms with Crippen LogP contribution in [0.5, 0.6) is 0 Å². The Bertz CT molecular complexity index is 558. The zero-order valence-corrected chi connectivity index (χ0v) is 14.6. The van der Waals surface area contributed by atoms with Crippen molar-refractivity contribution in [3.8, 4) is 0 Å². The first-order valence-electron chi connectivity index (χ1n) is 5.90. The third-order valence-corrected chi connectivity index (χ3v) is 6.44. The molecule has 0 spiro atoms. The summed E-state index contributed by atoms with van der Waals surface area (Å²) in [4.78, 5) is 35.1. The van der Waals surface area contributed by atoms with Crippen LogP contribution < -0.4 is 0 Å². The maximum absolute atomic E-state index is 11.6. The number of rotatable bonds is 8. The van der Waals surface area contributed by atoms with Gasteiger partial charge in [-0.3, -0.25) is 4.52 Å². The standard InChI is InChI=1S/C7H17O13P3/c1-5-3-6(8)7(16-2,18-5)4-17-22(12,13)20-23(14,15)19-21(9,10)11/h5-6,8H,3-4H2,1-2H3,(H,12,13)(H,14,15)(H2,9,10,11)/t5-,6?,7+/m0/s1. The van der Waals surface area contributed by atoms with Gasteiger partial charge in [0.05, 0.1) is 6.10 Å². The summed E-state index contributed by atoms with van der Waals surface area (Å²) in [6, 6.07) is 0. The Labute approximate surface area is 130 Å². The van der Waals surface area contributed by atoms with E-state index in [-0.39, 0.29) is 6.42 Å². The Balaban J connectivity index is 2.74. The van der Waals surface area contributed by atoms with Gasteiger partial charge in [0.2, 0.25) is 5.79 Å². The first-order valence-corrected chi connectivity index (χ1v) is 10.4. The van der Waals surface area contributed by atoms with Crippen molar-refractivity contribution in [2.75, 3.05) is 13.7 Å². The van der Waals surface area contributed by atoms with Gasteiger partial charge in [-0.1, -0.05) is 0 Å². The normalized spacial score (nSPS) is 34.0. The second kappa shape index (κ2) is 7.27. The van der Waals surface area contributed by atoms with Crippen LogP contribution in [0.25, 0.3) is 0 Å². The number of phosphoric ester groups is 1. The highest BCUT2D eigenvalue weighted by Gasteiger charge is 2.50. The molecule has 5 N–H and O–H groups in total. The van der Waals surface area contributed by atoms with Gasteiger partial charge >= 0.3 is 23.5 Å². The highest BCUT2D eigenvalue weighted by atomic mass is 31.3. The summed E-state index contributed by atoms with van der Waals surface area (Å²) < 4.78 is 54.8. The quantitative estimate of drug-likeness (QED) is 0.336. The first kappa shape index (κ1) is 21.3. The summed E-state index contributed by atoms with van der Waals surface area (Å²) in [5.41, 5.74) is 0. The number of methoxy groups -OCH3 is 1. The Kier molecular flexibility index (Phi) is 6.74. The van der Waals surface area contributed by atoms with Crippen LogP contribution >= 0.6 is 23.5 Å². The summed E-state index contributed by atoms with van der Waals surface area (Å²) in [5.74, 6) is -1.81. The maximum Gasteiger partial charge on any atom is 0.490 e. The van der Waals surface area contributed by atoms with E-state index in [1.165, 1.54) is 0 Å². The van der Waals surface area contributed by atoms with E-state index in [1.54, 1.807) is 6.92 Å². The first-order chi connectivity index (χ1) is 10.2. The summed E-state index contributed by atoms with van der Waals surface area (Å²) in [5, 5.41) is 9.82. The van der Waals surface area contributed by atoms with Crippen molar-refractivity contribution in [1.29, 1.82) is 0 Å². The number of hydrogen-bond donors (Lipinski definition) is 5. The predicted molar refractivity (Wildman–Crippen MR) is 70.7 cm³/mol. The average molecular weight is 402 g/mol. The zero-order chi connectivity index (χ0) is 18.1. The lowest BCUT2D eigenvalue weighted by molar-refractivity contribution is -0.256. The van der Waals surface area contributed by atoms with Crippen molar-refractivity contribution in [2.45, 2.75) is 31.3 Å². The molecular formula is C7H17O13P3. The van der Waals surface area contributed by atoms with E-state index >= 15 is 0 Å². The SMILES string of the molecule is CO[C@]1(COP(=O)(O)OP(=O)(O)OP(=O)(O)O)O[C@@H](C)CC1O. The Morgan fingerprint density at radius 1 is 1.13 bits per heavy atom. The van der Waals surface area contributed by atoms with Crippen molar-refractivity contribution in [3.05, 3.63) is 0 Å². The maximum atomic E-state index is 11.6. The van der Waals surface area contributed by atoms with Crippen LogP contribution in [0.15, 0.2) is 0 Å². The van der Waals surface area contributed by atoms with Crippen LogP contribution in [0.3, 0.4) is 0 Å². The third-order valence-electron chi connectivity index (χ3n) is 2.65. The van der Waals surface area contributed by atoms with Gasteiger partial charge in [-0.05, 0) is 6.92 Å². The monoisotopic (exact) mass is 402 g/mol. The van der Waals surface area contributed by atoms with Gasteiger partial charge in [-0.15, -0.1) is 0 Å². The van der Waals surface area contributed by atoms with Gasteiger partial charge in [0, 0.05) is 13.5 Å². The van der Waals surface area contributed by atoms with Crippen molar-refractivity contribution in [1.82, 2.24) is 0 Å². The topological polar surface area (TPSA) is 199 Å². The van der Waals surface area contributed by atoms with Crippen molar-refractivity contribution in [2.24, 2.45) is 0 Å². The molecule has 138 valence electrons. The lowest BCUT2D eigenvalue weighted by Gasteiger charge is -2.30. The van der Waals surface area contributed by atoms with E-state index in [0.29, 0.717) is 0 Å². The van der Waals surface area contributed by atoms with Gasteiger partial charge in [-0.2, -0.15) is 8.62 Å². The van der Waals surface area contributed by atoms with Gasteiger partial charge < -0.3 is 34.2 Å². The smallest absolute Gasteiger partial charge is 0.387 e. The minimum absolute atomic E-state index is 0.133. The molecule has 0 radical (unpaired) electrons. The fourth-order valence-electron chi connectivity index (χ4n) is 1.81. The molecule has 5 atom stereocenters. The third kappa shape index (κ3) is 6.60. The van der Waals surface area contributed by atoms with Gasteiger partial charge in [-0.25, -0.2) is 13.7 Å². The Morgan fingerprint density at radius 3 is 2.09 bits per heavy atom. The lowest BCUT2D eigenvalue weighted by Crippen LogP contribution is -2.45. The minimum Gasteiger partial charge on any atom is -0.387 e. The molecule has 1 aliphatic rings. The molecule has 1 aliphatic heterocycles. The predicted octanol–water partition coefficient (Wildman–Crippen LogP) is -0.158. The van der Waals surface area contributed by atoms with E-state index in [4.69, 9.17) is 24.2 Å². The molecule has 0 saturated carbocycles. The molecule has 0 aromatic carbocycles. The molecule has 0 bridgehead atoms. The second-order valence-corrected chi connectivity index (χ2v) is 8.98. The van der Waals surface area contributed by atoms with E-state index in [1.807, 2.05) is 0 Å². The van der Waals surface area contributed by atoms with Crippen LogP contribution in [0.2, 0.25) is 0 Å². The van der Waals surface area contributed by atoms with Crippen molar-refractivity contribution >= 4 is 23.5 Å². The molecule has 1 saturated heterocycles. The van der Waals surface area contributed by atoms with Crippen LogP contribution in [0.1, 0.15) is 13.3 Å². The molecule has 13 nitrogen and oxygen atoms in total. The second-order valence-electron chi connectivity index (χ2n) is 4.56. The van der Waals surface area contributed by atoms with E-state index in [2.05, 4.69) is 13.1 Å². The average Bonchev–Trinajstić information content (AvgIpc) is 2.57. The number of aliphatic hydroxyl groups excluding tert-OH is 1. The van der Waals surface area contributed by atoms with Crippen LogP contribution in [0.4, 0.5) is 0 Å².